The maximum absolute atomic E-state index is 12.3. The van der Waals surface area contributed by atoms with Gasteiger partial charge in [0.15, 0.2) is 0 Å². The lowest BCUT2D eigenvalue weighted by Crippen LogP contribution is -2.08. The van der Waals surface area contributed by atoms with E-state index < -0.39 is 5.97 Å². The summed E-state index contributed by atoms with van der Waals surface area (Å²) in [5.74, 6) is 0.808. The van der Waals surface area contributed by atoms with Crippen molar-refractivity contribution in [3.63, 3.8) is 0 Å². The minimum absolute atomic E-state index is 0.406. The molecule has 0 radical (unpaired) electrons. The molecule has 0 atom stereocenters. The van der Waals surface area contributed by atoms with Gasteiger partial charge in [-0.15, -0.1) is 0 Å². The van der Waals surface area contributed by atoms with Crippen molar-refractivity contribution in [2.45, 2.75) is 6.92 Å². The summed E-state index contributed by atoms with van der Waals surface area (Å²) in [6.07, 6.45) is 0. The summed E-state index contributed by atoms with van der Waals surface area (Å²) in [6, 6.07) is 22.6. The first-order valence-electron chi connectivity index (χ1n) is 7.97. The predicted molar refractivity (Wildman–Crippen MR) is 102 cm³/mol. The maximum atomic E-state index is 12.3. The van der Waals surface area contributed by atoms with Gasteiger partial charge in [0.05, 0.1) is 16.6 Å². The highest BCUT2D eigenvalue weighted by atomic mass is 79.9. The van der Waals surface area contributed by atoms with Crippen molar-refractivity contribution in [1.29, 1.82) is 0 Å². The first kappa shape index (κ1) is 17.2. The number of ether oxygens (including phenoxy) is 2. The van der Waals surface area contributed by atoms with Gasteiger partial charge in [-0.3, -0.25) is 0 Å². The van der Waals surface area contributed by atoms with E-state index >= 15 is 0 Å². The van der Waals surface area contributed by atoms with E-state index in [0.717, 1.165) is 21.3 Å². The zero-order valence-electron chi connectivity index (χ0n) is 13.7. The summed E-state index contributed by atoms with van der Waals surface area (Å²) in [5, 5.41) is 0. The molecule has 0 amide bonds. The van der Waals surface area contributed by atoms with Crippen LogP contribution < -0.4 is 9.47 Å². The van der Waals surface area contributed by atoms with Crippen LogP contribution in [0.3, 0.4) is 0 Å². The monoisotopic (exact) mass is 396 g/mol. The van der Waals surface area contributed by atoms with Gasteiger partial charge in [-0.25, -0.2) is 4.79 Å². The molecule has 3 rings (SSSR count). The standard InChI is InChI=1S/C21H17BrO3/c1-2-24-18-11-8-16(9-12-18)21(23)25-20-13-10-17(14-19(20)22)15-6-4-3-5-7-15/h3-14H,2H2,1H3. The van der Waals surface area contributed by atoms with Gasteiger partial charge in [0.2, 0.25) is 0 Å². The van der Waals surface area contributed by atoms with Gasteiger partial charge in [-0.2, -0.15) is 0 Å². The zero-order chi connectivity index (χ0) is 17.6. The molecule has 0 heterocycles. The molecule has 0 unspecified atom stereocenters. The summed E-state index contributed by atoms with van der Waals surface area (Å²) in [6.45, 7) is 2.50. The number of hydrogen-bond donors (Lipinski definition) is 0. The van der Waals surface area contributed by atoms with E-state index in [1.807, 2.05) is 49.4 Å². The summed E-state index contributed by atoms with van der Waals surface area (Å²) in [5.41, 5.74) is 2.63. The van der Waals surface area contributed by atoms with Gasteiger partial charge < -0.3 is 9.47 Å². The fourth-order valence-corrected chi connectivity index (χ4v) is 2.87. The number of rotatable bonds is 5. The highest BCUT2D eigenvalue weighted by Gasteiger charge is 2.12. The molecule has 0 N–H and O–H groups in total. The SMILES string of the molecule is CCOc1ccc(C(=O)Oc2ccc(-c3ccccc3)cc2Br)cc1. The average molecular weight is 397 g/mol. The second-order valence-electron chi connectivity index (χ2n) is 5.36. The molecule has 25 heavy (non-hydrogen) atoms. The first-order chi connectivity index (χ1) is 12.2. The molecule has 4 heteroatoms. The maximum Gasteiger partial charge on any atom is 0.343 e. The third-order valence-electron chi connectivity index (χ3n) is 3.64. The molecular weight excluding hydrogens is 380 g/mol. The van der Waals surface area contributed by atoms with Crippen molar-refractivity contribution in [2.75, 3.05) is 6.61 Å². The van der Waals surface area contributed by atoms with Crippen LogP contribution in [0.5, 0.6) is 11.5 Å². The van der Waals surface area contributed by atoms with Crippen molar-refractivity contribution < 1.29 is 14.3 Å². The number of benzene rings is 3. The van der Waals surface area contributed by atoms with Crippen LogP contribution in [0.15, 0.2) is 77.3 Å². The molecule has 3 aromatic carbocycles. The van der Waals surface area contributed by atoms with Gasteiger partial charge >= 0.3 is 5.97 Å². The molecule has 0 aliphatic carbocycles. The molecule has 0 saturated carbocycles. The Hall–Kier alpha value is -2.59. The van der Waals surface area contributed by atoms with Crippen LogP contribution in [0.2, 0.25) is 0 Å². The lowest BCUT2D eigenvalue weighted by atomic mass is 10.1. The lowest BCUT2D eigenvalue weighted by molar-refractivity contribution is 0.0733. The van der Waals surface area contributed by atoms with Crippen LogP contribution in [0, 0.1) is 0 Å². The lowest BCUT2D eigenvalue weighted by Gasteiger charge is -2.09. The fraction of sp³-hybridized carbons (Fsp3) is 0.0952. The van der Waals surface area contributed by atoms with Gasteiger partial charge in [-0.1, -0.05) is 36.4 Å². The molecule has 0 spiro atoms. The highest BCUT2D eigenvalue weighted by molar-refractivity contribution is 9.10. The summed E-state index contributed by atoms with van der Waals surface area (Å²) in [4.78, 5) is 12.3. The second kappa shape index (κ2) is 7.99. The van der Waals surface area contributed by atoms with Crippen molar-refractivity contribution in [2.24, 2.45) is 0 Å². The average Bonchev–Trinajstić information content (AvgIpc) is 2.65. The second-order valence-corrected chi connectivity index (χ2v) is 6.21. The zero-order valence-corrected chi connectivity index (χ0v) is 15.3. The van der Waals surface area contributed by atoms with Gasteiger partial charge in [-0.05, 0) is 70.4 Å². The first-order valence-corrected chi connectivity index (χ1v) is 8.76. The van der Waals surface area contributed by atoms with E-state index in [-0.39, 0.29) is 0 Å². The minimum atomic E-state index is -0.406. The minimum Gasteiger partial charge on any atom is -0.494 e. The Bertz CT molecular complexity index is 858. The Morgan fingerprint density at radius 1 is 0.920 bits per heavy atom. The Kier molecular flexibility index (Phi) is 5.51. The smallest absolute Gasteiger partial charge is 0.343 e. The van der Waals surface area contributed by atoms with Gasteiger partial charge in [0.25, 0.3) is 0 Å². The molecule has 0 bridgehead atoms. The van der Waals surface area contributed by atoms with Crippen molar-refractivity contribution in [3.8, 4) is 22.6 Å². The summed E-state index contributed by atoms with van der Waals surface area (Å²) in [7, 11) is 0. The van der Waals surface area contributed by atoms with E-state index in [2.05, 4.69) is 15.9 Å². The van der Waals surface area contributed by atoms with Crippen LogP contribution >= 0.6 is 15.9 Å². The molecule has 3 aromatic rings. The number of hydrogen-bond acceptors (Lipinski definition) is 3. The predicted octanol–water partition coefficient (Wildman–Crippen LogP) is 5.73. The molecule has 3 nitrogen and oxygen atoms in total. The molecule has 0 saturated heterocycles. The van der Waals surface area contributed by atoms with Crippen LogP contribution in [-0.2, 0) is 0 Å². The summed E-state index contributed by atoms with van der Waals surface area (Å²) < 4.78 is 11.6. The van der Waals surface area contributed by atoms with Crippen molar-refractivity contribution in [1.82, 2.24) is 0 Å². The third kappa shape index (κ3) is 4.28. The molecule has 0 fully saturated rings. The molecular formula is C21H17BrO3. The number of carbonyl (C=O) groups excluding carboxylic acids is 1. The van der Waals surface area contributed by atoms with Crippen LogP contribution in [-0.4, -0.2) is 12.6 Å². The Morgan fingerprint density at radius 3 is 2.28 bits per heavy atom. The van der Waals surface area contributed by atoms with Crippen LogP contribution in [0.4, 0.5) is 0 Å². The Morgan fingerprint density at radius 2 is 1.64 bits per heavy atom. The van der Waals surface area contributed by atoms with Gasteiger partial charge in [0, 0.05) is 0 Å². The topological polar surface area (TPSA) is 35.5 Å². The van der Waals surface area contributed by atoms with E-state index in [9.17, 15) is 4.79 Å². The Balaban J connectivity index is 1.75. The van der Waals surface area contributed by atoms with Crippen molar-refractivity contribution in [3.05, 3.63) is 82.8 Å². The van der Waals surface area contributed by atoms with Gasteiger partial charge in [0.1, 0.15) is 11.5 Å². The number of esters is 1. The van der Waals surface area contributed by atoms with Crippen LogP contribution in [0.1, 0.15) is 17.3 Å². The number of halogens is 1. The fourth-order valence-electron chi connectivity index (χ4n) is 2.41. The molecule has 0 aliphatic rings. The molecule has 0 aliphatic heterocycles. The van der Waals surface area contributed by atoms with E-state index in [1.54, 1.807) is 30.3 Å². The van der Waals surface area contributed by atoms with E-state index in [1.165, 1.54) is 0 Å². The van der Waals surface area contributed by atoms with Crippen LogP contribution in [0.25, 0.3) is 11.1 Å². The van der Waals surface area contributed by atoms with Crippen molar-refractivity contribution >= 4 is 21.9 Å². The highest BCUT2D eigenvalue weighted by Crippen LogP contribution is 2.31. The van der Waals surface area contributed by atoms with E-state index in [4.69, 9.17) is 9.47 Å². The quantitative estimate of drug-likeness (QED) is 0.407. The third-order valence-corrected chi connectivity index (χ3v) is 4.26. The Labute approximate surface area is 155 Å². The number of carbonyl (C=O) groups is 1. The molecule has 126 valence electrons. The van der Waals surface area contributed by atoms with E-state index in [0.29, 0.717) is 17.9 Å². The molecule has 0 aromatic heterocycles. The summed E-state index contributed by atoms with van der Waals surface area (Å²) >= 11 is 3.48. The normalized spacial score (nSPS) is 10.3. The largest absolute Gasteiger partial charge is 0.494 e.